The van der Waals surface area contributed by atoms with Crippen molar-refractivity contribution in [3.63, 3.8) is 0 Å². The minimum Gasteiger partial charge on any atom is -0.432 e. The highest BCUT2D eigenvalue weighted by molar-refractivity contribution is 9.10. The summed E-state index contributed by atoms with van der Waals surface area (Å²) >= 11 is 3.57. The van der Waals surface area contributed by atoms with Gasteiger partial charge in [-0.2, -0.15) is 0 Å². The predicted molar refractivity (Wildman–Crippen MR) is 152 cm³/mol. The molecule has 0 aliphatic carbocycles. The first-order valence-corrected chi connectivity index (χ1v) is 17.1. The van der Waals surface area contributed by atoms with Crippen molar-refractivity contribution in [3.8, 4) is 0 Å². The SMILES string of the molecule is C[C@H]1[C@H]([Si](C)(C)O)[C@@H](CCO)O[C@]12C(=O)N(Cc1ccc(NC(=O)[C@H]3CCCN3)cc1)c1ccc(Br)cc12. The van der Waals surface area contributed by atoms with Crippen molar-refractivity contribution in [2.24, 2.45) is 5.92 Å². The summed E-state index contributed by atoms with van der Waals surface area (Å²) in [5, 5.41) is 15.9. The molecule has 38 heavy (non-hydrogen) atoms. The quantitative estimate of drug-likeness (QED) is 0.359. The molecule has 2 aromatic carbocycles. The molecule has 5 rings (SSSR count). The Hall–Kier alpha value is -2.08. The minimum atomic E-state index is -2.73. The highest BCUT2D eigenvalue weighted by Gasteiger charge is 2.66. The van der Waals surface area contributed by atoms with Crippen LogP contribution in [0.25, 0.3) is 0 Å². The third kappa shape index (κ3) is 4.75. The van der Waals surface area contributed by atoms with Gasteiger partial charge >= 0.3 is 0 Å². The molecule has 3 heterocycles. The molecule has 1 spiro atoms. The number of carbonyl (C=O) groups is 2. The Morgan fingerprint density at radius 3 is 2.63 bits per heavy atom. The Morgan fingerprint density at radius 2 is 2.00 bits per heavy atom. The number of aliphatic hydroxyl groups excluding tert-OH is 1. The van der Waals surface area contributed by atoms with Gasteiger partial charge in [-0.05, 0) is 74.8 Å². The van der Waals surface area contributed by atoms with E-state index in [0.29, 0.717) is 13.0 Å². The molecule has 2 aromatic rings. The predicted octanol–water partition coefficient (Wildman–Crippen LogP) is 3.87. The lowest BCUT2D eigenvalue weighted by Crippen LogP contribution is -2.46. The highest BCUT2D eigenvalue weighted by atomic mass is 79.9. The van der Waals surface area contributed by atoms with Gasteiger partial charge in [0, 0.05) is 33.8 Å². The largest absolute Gasteiger partial charge is 0.432 e. The van der Waals surface area contributed by atoms with Crippen LogP contribution >= 0.6 is 15.9 Å². The number of halogens is 1. The molecule has 4 N–H and O–H groups in total. The molecule has 3 aliphatic rings. The molecule has 0 bridgehead atoms. The number of aliphatic hydroxyl groups is 1. The van der Waals surface area contributed by atoms with Crippen LogP contribution in [0.15, 0.2) is 46.9 Å². The van der Waals surface area contributed by atoms with Crippen molar-refractivity contribution in [1.82, 2.24) is 5.32 Å². The standard InChI is InChI=1S/C28H36BrN3O5Si/c1-17-25(38(2,3)36)24(12-14-33)37-28(17)21-15-19(29)8-11-23(21)32(27(28)35)16-18-6-9-20(10-7-18)31-26(34)22-5-4-13-30-22/h6-11,15,17,22,24-25,30,33,36H,4-5,12-14,16H2,1-3H3,(H,31,34)/t17-,22+,24+,25-,28+/m0/s1. The van der Waals surface area contributed by atoms with Crippen molar-refractivity contribution in [2.75, 3.05) is 23.4 Å². The number of rotatable bonds is 7. The smallest absolute Gasteiger partial charge is 0.264 e. The maximum absolute atomic E-state index is 14.3. The number of nitrogens with one attached hydrogen (secondary N) is 2. The molecule has 2 amide bonds. The second-order valence-electron chi connectivity index (χ2n) is 11.3. The normalized spacial score (nSPS) is 28.8. The number of carbonyl (C=O) groups excluding carboxylic acids is 2. The summed E-state index contributed by atoms with van der Waals surface area (Å²) in [6, 6.07) is 13.2. The molecule has 8 nitrogen and oxygen atoms in total. The van der Waals surface area contributed by atoms with Gasteiger partial charge in [-0.1, -0.05) is 35.0 Å². The average molecular weight is 603 g/mol. The van der Waals surface area contributed by atoms with E-state index in [4.69, 9.17) is 4.74 Å². The second-order valence-corrected chi connectivity index (χ2v) is 16.1. The second kappa shape index (κ2) is 10.5. The van der Waals surface area contributed by atoms with Crippen molar-refractivity contribution in [1.29, 1.82) is 0 Å². The van der Waals surface area contributed by atoms with Crippen LogP contribution in [0.5, 0.6) is 0 Å². The number of benzene rings is 2. The van der Waals surface area contributed by atoms with E-state index in [0.717, 1.165) is 46.4 Å². The van der Waals surface area contributed by atoms with E-state index in [1.54, 1.807) is 4.90 Å². The number of hydrogen-bond donors (Lipinski definition) is 4. The minimum absolute atomic E-state index is 0.0267. The summed E-state index contributed by atoms with van der Waals surface area (Å²) < 4.78 is 7.47. The summed E-state index contributed by atoms with van der Waals surface area (Å²) in [5.74, 6) is -0.439. The van der Waals surface area contributed by atoms with Crippen LogP contribution in [-0.2, 0) is 26.5 Å². The molecule has 3 aliphatic heterocycles. The Bertz CT molecular complexity index is 1210. The van der Waals surface area contributed by atoms with E-state index >= 15 is 0 Å². The van der Waals surface area contributed by atoms with Gasteiger partial charge in [-0.15, -0.1) is 0 Å². The third-order valence-corrected chi connectivity index (χ3v) is 11.3. The fraction of sp³-hybridized carbons (Fsp3) is 0.500. The fourth-order valence-corrected chi connectivity index (χ4v) is 9.58. The zero-order chi connectivity index (χ0) is 27.2. The zero-order valence-corrected chi connectivity index (χ0v) is 24.6. The first-order chi connectivity index (χ1) is 18.1. The van der Waals surface area contributed by atoms with Crippen LogP contribution in [0.2, 0.25) is 18.6 Å². The van der Waals surface area contributed by atoms with Gasteiger partial charge in [0.25, 0.3) is 5.91 Å². The summed E-state index contributed by atoms with van der Waals surface area (Å²) in [6.45, 7) is 6.89. The first kappa shape index (κ1) is 27.5. The number of ether oxygens (including phenoxy) is 1. The van der Waals surface area contributed by atoms with Gasteiger partial charge in [0.1, 0.15) is 0 Å². The summed E-state index contributed by atoms with van der Waals surface area (Å²) in [6.07, 6.45) is 1.81. The average Bonchev–Trinajstić information content (AvgIpc) is 3.55. The number of nitrogens with zero attached hydrogens (tertiary/aromatic N) is 1. The van der Waals surface area contributed by atoms with Gasteiger partial charge in [-0.25, -0.2) is 0 Å². The van der Waals surface area contributed by atoms with Gasteiger partial charge in [-0.3, -0.25) is 9.59 Å². The molecular weight excluding hydrogens is 566 g/mol. The summed E-state index contributed by atoms with van der Waals surface area (Å²) in [5.41, 5.74) is 1.80. The monoisotopic (exact) mass is 601 g/mol. The zero-order valence-electron chi connectivity index (χ0n) is 22.0. The Morgan fingerprint density at radius 1 is 1.26 bits per heavy atom. The maximum atomic E-state index is 14.3. The third-order valence-electron chi connectivity index (χ3n) is 8.30. The molecule has 0 saturated carbocycles. The molecule has 0 radical (unpaired) electrons. The van der Waals surface area contributed by atoms with Crippen molar-refractivity contribution in [3.05, 3.63) is 58.1 Å². The Balaban J connectivity index is 1.43. The fourth-order valence-electron chi connectivity index (χ4n) is 6.62. The molecular formula is C28H36BrN3O5Si. The topological polar surface area (TPSA) is 111 Å². The number of anilines is 2. The van der Waals surface area contributed by atoms with Gasteiger partial charge < -0.3 is 30.2 Å². The lowest BCUT2D eigenvalue weighted by atomic mass is 9.82. The number of amides is 2. The van der Waals surface area contributed by atoms with Crippen molar-refractivity contribution < 1.29 is 24.2 Å². The lowest BCUT2D eigenvalue weighted by molar-refractivity contribution is -0.146. The van der Waals surface area contributed by atoms with Gasteiger partial charge in [0.2, 0.25) is 5.91 Å². The van der Waals surface area contributed by atoms with E-state index in [2.05, 4.69) is 26.6 Å². The van der Waals surface area contributed by atoms with Crippen LogP contribution in [0.4, 0.5) is 11.4 Å². The van der Waals surface area contributed by atoms with E-state index in [1.165, 1.54) is 0 Å². The molecule has 2 saturated heterocycles. The molecule has 5 atom stereocenters. The van der Waals surface area contributed by atoms with E-state index < -0.39 is 20.0 Å². The number of fused-ring (bicyclic) bond motifs is 2. The van der Waals surface area contributed by atoms with Crippen LogP contribution in [-0.4, -0.2) is 55.3 Å². The van der Waals surface area contributed by atoms with Crippen LogP contribution in [0.1, 0.15) is 37.3 Å². The van der Waals surface area contributed by atoms with Crippen LogP contribution in [0.3, 0.4) is 0 Å². The summed E-state index contributed by atoms with van der Waals surface area (Å²) in [7, 11) is -2.73. The van der Waals surface area contributed by atoms with Crippen LogP contribution < -0.4 is 15.5 Å². The molecule has 0 aromatic heterocycles. The molecule has 10 heteroatoms. The van der Waals surface area contributed by atoms with Gasteiger partial charge in [0.05, 0.1) is 24.4 Å². The van der Waals surface area contributed by atoms with Gasteiger partial charge in [0.15, 0.2) is 13.9 Å². The van der Waals surface area contributed by atoms with E-state index in [9.17, 15) is 19.5 Å². The van der Waals surface area contributed by atoms with E-state index in [1.807, 2.05) is 62.5 Å². The lowest BCUT2D eigenvalue weighted by Gasteiger charge is -2.32. The summed E-state index contributed by atoms with van der Waals surface area (Å²) in [4.78, 5) is 39.7. The highest BCUT2D eigenvalue weighted by Crippen LogP contribution is 2.60. The van der Waals surface area contributed by atoms with Crippen molar-refractivity contribution >= 4 is 47.4 Å². The Labute approximate surface area is 233 Å². The molecule has 2 fully saturated rings. The first-order valence-electron chi connectivity index (χ1n) is 13.3. The van der Waals surface area contributed by atoms with E-state index in [-0.39, 0.29) is 35.9 Å². The van der Waals surface area contributed by atoms with Crippen molar-refractivity contribution in [2.45, 2.75) is 69.1 Å². The Kier molecular flexibility index (Phi) is 7.58. The number of hydrogen-bond acceptors (Lipinski definition) is 6. The maximum Gasteiger partial charge on any atom is 0.264 e. The van der Waals surface area contributed by atoms with Crippen LogP contribution in [0, 0.1) is 5.92 Å². The molecule has 0 unspecified atom stereocenters. The molecule has 204 valence electrons.